The van der Waals surface area contributed by atoms with Crippen molar-refractivity contribution in [2.45, 2.75) is 4.90 Å². The smallest absolute Gasteiger partial charge is 0.265 e. The normalized spacial score (nSPS) is 11.3. The Bertz CT molecular complexity index is 739. The zero-order chi connectivity index (χ0) is 14.9. The Balaban J connectivity index is 2.47. The number of phenols is 1. The lowest BCUT2D eigenvalue weighted by molar-refractivity contribution is 0.459. The Hall–Kier alpha value is -0.570. The Morgan fingerprint density at radius 3 is 2.10 bits per heavy atom. The van der Waals surface area contributed by atoms with Gasteiger partial charge < -0.3 is 5.11 Å². The minimum Gasteiger partial charge on any atom is -0.507 e. The molecule has 4 nitrogen and oxygen atoms in total. The summed E-state index contributed by atoms with van der Waals surface area (Å²) in [7, 11) is -3.88. The third-order valence-corrected chi connectivity index (χ3v) is 5.50. The SMILES string of the molecule is O=S(=O)(Nc1c(Br)cc(Br)cc1Br)c1ccccc1O. The van der Waals surface area contributed by atoms with Crippen LogP contribution in [0.3, 0.4) is 0 Å². The van der Waals surface area contributed by atoms with Crippen LogP contribution >= 0.6 is 47.8 Å². The third kappa shape index (κ3) is 3.36. The van der Waals surface area contributed by atoms with Crippen molar-refractivity contribution in [2.75, 3.05) is 4.72 Å². The molecule has 0 aromatic heterocycles. The van der Waals surface area contributed by atoms with Gasteiger partial charge in [0.2, 0.25) is 0 Å². The van der Waals surface area contributed by atoms with Crippen LogP contribution in [0.4, 0.5) is 5.69 Å². The summed E-state index contributed by atoms with van der Waals surface area (Å²) in [6, 6.07) is 9.18. The number of halogens is 3. The summed E-state index contributed by atoms with van der Waals surface area (Å²) >= 11 is 9.89. The number of phenolic OH excluding ortho intramolecular Hbond substituents is 1. The number of para-hydroxylation sites is 1. The fourth-order valence-electron chi connectivity index (χ4n) is 1.51. The van der Waals surface area contributed by atoms with E-state index >= 15 is 0 Å². The number of hydrogen-bond donors (Lipinski definition) is 2. The molecule has 2 aromatic rings. The van der Waals surface area contributed by atoms with Crippen LogP contribution in [-0.4, -0.2) is 13.5 Å². The first kappa shape index (κ1) is 15.8. The van der Waals surface area contributed by atoms with Crippen LogP contribution in [0.15, 0.2) is 54.7 Å². The molecule has 106 valence electrons. The molecule has 0 fully saturated rings. The molecule has 0 saturated carbocycles. The molecule has 0 saturated heterocycles. The highest BCUT2D eigenvalue weighted by Gasteiger charge is 2.20. The zero-order valence-electron chi connectivity index (χ0n) is 9.77. The third-order valence-electron chi connectivity index (χ3n) is 2.40. The van der Waals surface area contributed by atoms with E-state index < -0.39 is 10.0 Å². The van der Waals surface area contributed by atoms with Gasteiger partial charge in [0.05, 0.1) is 5.69 Å². The van der Waals surface area contributed by atoms with Crippen molar-refractivity contribution in [1.29, 1.82) is 0 Å². The lowest BCUT2D eigenvalue weighted by Gasteiger charge is -2.13. The summed E-state index contributed by atoms with van der Waals surface area (Å²) < 4.78 is 28.9. The van der Waals surface area contributed by atoms with E-state index in [1.807, 2.05) is 0 Å². The zero-order valence-corrected chi connectivity index (χ0v) is 15.3. The number of sulfonamides is 1. The molecule has 2 aromatic carbocycles. The molecule has 0 aliphatic rings. The van der Waals surface area contributed by atoms with Crippen molar-refractivity contribution < 1.29 is 13.5 Å². The Morgan fingerprint density at radius 1 is 1.00 bits per heavy atom. The van der Waals surface area contributed by atoms with E-state index in [1.54, 1.807) is 24.3 Å². The van der Waals surface area contributed by atoms with Crippen LogP contribution in [0.1, 0.15) is 0 Å². The number of benzene rings is 2. The van der Waals surface area contributed by atoms with Crippen LogP contribution in [-0.2, 0) is 10.0 Å². The second-order valence-corrected chi connectivity index (χ2v) is 8.09. The van der Waals surface area contributed by atoms with Gasteiger partial charge in [-0.2, -0.15) is 0 Å². The molecule has 0 heterocycles. The Labute approximate surface area is 141 Å². The van der Waals surface area contributed by atoms with Gasteiger partial charge >= 0.3 is 0 Å². The summed E-state index contributed by atoms with van der Waals surface area (Å²) in [5.41, 5.74) is 0.358. The maximum Gasteiger partial charge on any atom is 0.265 e. The van der Waals surface area contributed by atoms with E-state index in [0.29, 0.717) is 14.6 Å². The first-order valence-electron chi connectivity index (χ1n) is 5.26. The fraction of sp³-hybridized carbons (Fsp3) is 0. The molecule has 0 aliphatic heterocycles. The molecule has 8 heteroatoms. The molecule has 0 unspecified atom stereocenters. The molecule has 0 bridgehead atoms. The van der Waals surface area contributed by atoms with Crippen LogP contribution in [0.5, 0.6) is 5.75 Å². The molecular formula is C12H8Br3NO3S. The van der Waals surface area contributed by atoms with Gasteiger partial charge in [-0.3, -0.25) is 4.72 Å². The molecule has 2 N–H and O–H groups in total. The minimum atomic E-state index is -3.88. The van der Waals surface area contributed by atoms with Crippen molar-refractivity contribution >= 4 is 63.5 Å². The Kier molecular flexibility index (Phi) is 4.78. The summed E-state index contributed by atoms with van der Waals surface area (Å²) in [5, 5.41) is 9.66. The van der Waals surface area contributed by atoms with E-state index in [2.05, 4.69) is 52.5 Å². The largest absolute Gasteiger partial charge is 0.507 e. The number of nitrogens with one attached hydrogen (secondary N) is 1. The average molecular weight is 486 g/mol. The highest BCUT2D eigenvalue weighted by Crippen LogP contribution is 2.36. The predicted molar refractivity (Wildman–Crippen MR) is 88.5 cm³/mol. The van der Waals surface area contributed by atoms with Crippen molar-refractivity contribution in [3.8, 4) is 5.75 Å². The number of anilines is 1. The van der Waals surface area contributed by atoms with Crippen molar-refractivity contribution in [3.05, 3.63) is 49.8 Å². The molecule has 0 atom stereocenters. The monoisotopic (exact) mass is 483 g/mol. The van der Waals surface area contributed by atoms with Gasteiger partial charge in [0.25, 0.3) is 10.0 Å². The van der Waals surface area contributed by atoms with E-state index in [9.17, 15) is 13.5 Å². The average Bonchev–Trinajstić information content (AvgIpc) is 2.34. The van der Waals surface area contributed by atoms with Crippen molar-refractivity contribution in [2.24, 2.45) is 0 Å². The number of aromatic hydroxyl groups is 1. The molecule has 0 spiro atoms. The van der Waals surface area contributed by atoms with E-state index in [4.69, 9.17) is 0 Å². The van der Waals surface area contributed by atoms with E-state index in [1.165, 1.54) is 12.1 Å². The maximum absolute atomic E-state index is 12.3. The molecule has 0 radical (unpaired) electrons. The lowest BCUT2D eigenvalue weighted by atomic mass is 10.3. The standard InChI is InChI=1S/C12H8Br3NO3S/c13-7-5-8(14)12(9(15)6-7)16-20(18,19)11-4-2-1-3-10(11)17/h1-6,16-17H. The van der Waals surface area contributed by atoms with Gasteiger partial charge in [-0.05, 0) is 56.1 Å². The molecule has 2 rings (SSSR count). The van der Waals surface area contributed by atoms with Gasteiger partial charge in [-0.25, -0.2) is 8.42 Å². The van der Waals surface area contributed by atoms with Gasteiger partial charge in [-0.1, -0.05) is 28.1 Å². The van der Waals surface area contributed by atoms with Crippen LogP contribution in [0, 0.1) is 0 Å². The van der Waals surface area contributed by atoms with Gasteiger partial charge in [0, 0.05) is 13.4 Å². The first-order valence-corrected chi connectivity index (χ1v) is 9.13. The molecule has 0 amide bonds. The maximum atomic E-state index is 12.3. The van der Waals surface area contributed by atoms with Gasteiger partial charge in [-0.15, -0.1) is 0 Å². The van der Waals surface area contributed by atoms with E-state index in [-0.39, 0.29) is 10.6 Å². The lowest BCUT2D eigenvalue weighted by Crippen LogP contribution is -2.14. The second kappa shape index (κ2) is 6.05. The van der Waals surface area contributed by atoms with Crippen LogP contribution < -0.4 is 4.72 Å². The van der Waals surface area contributed by atoms with Crippen LogP contribution in [0.2, 0.25) is 0 Å². The topological polar surface area (TPSA) is 66.4 Å². The molecule has 0 aliphatic carbocycles. The highest BCUT2D eigenvalue weighted by atomic mass is 79.9. The minimum absolute atomic E-state index is 0.179. The fourth-order valence-corrected chi connectivity index (χ4v) is 5.43. The summed E-state index contributed by atoms with van der Waals surface area (Å²) in [5.74, 6) is -0.302. The van der Waals surface area contributed by atoms with Crippen molar-refractivity contribution in [3.63, 3.8) is 0 Å². The van der Waals surface area contributed by atoms with E-state index in [0.717, 1.165) is 4.47 Å². The predicted octanol–water partition coefficient (Wildman–Crippen LogP) is 4.48. The molecule has 20 heavy (non-hydrogen) atoms. The highest BCUT2D eigenvalue weighted by molar-refractivity contribution is 9.11. The molecular weight excluding hydrogens is 478 g/mol. The van der Waals surface area contributed by atoms with Gasteiger partial charge in [0.1, 0.15) is 10.6 Å². The second-order valence-electron chi connectivity index (χ2n) is 3.82. The number of rotatable bonds is 3. The Morgan fingerprint density at radius 2 is 1.55 bits per heavy atom. The summed E-state index contributed by atoms with van der Waals surface area (Å²) in [4.78, 5) is -0.179. The quantitative estimate of drug-likeness (QED) is 0.673. The number of hydrogen-bond acceptors (Lipinski definition) is 3. The van der Waals surface area contributed by atoms with Crippen LogP contribution in [0.25, 0.3) is 0 Å². The summed E-state index contributed by atoms with van der Waals surface area (Å²) in [6.07, 6.45) is 0. The summed E-state index contributed by atoms with van der Waals surface area (Å²) in [6.45, 7) is 0. The first-order chi connectivity index (χ1) is 9.31. The van der Waals surface area contributed by atoms with Gasteiger partial charge in [0.15, 0.2) is 0 Å². The van der Waals surface area contributed by atoms with Crippen molar-refractivity contribution in [1.82, 2.24) is 0 Å².